The first kappa shape index (κ1) is 20.5. The smallest absolute Gasteiger partial charge is 0.293 e. The number of hydrogen-bond donors (Lipinski definition) is 1. The number of anilines is 1. The molecule has 29 heavy (non-hydrogen) atoms. The lowest BCUT2D eigenvalue weighted by atomic mass is 10.1. The highest BCUT2D eigenvalue weighted by molar-refractivity contribution is 6.33. The molecule has 152 valence electrons. The SMILES string of the molecule is CNC(=O)c1ccc(N2CCN(C(=O)c3ccc(F)cc3Cl)CC2)c([N+](=O)[O-])c1. The van der Waals surface area contributed by atoms with Crippen molar-refractivity contribution in [2.24, 2.45) is 0 Å². The molecule has 1 saturated heterocycles. The maximum Gasteiger partial charge on any atom is 0.293 e. The molecule has 3 rings (SSSR count). The van der Waals surface area contributed by atoms with E-state index in [1.165, 1.54) is 37.4 Å². The van der Waals surface area contributed by atoms with Gasteiger partial charge in [0, 0.05) is 44.9 Å². The standard InChI is InChI=1S/C19H18ClFN4O4/c1-22-18(26)12-2-5-16(17(10-12)25(28)29)23-6-8-24(9-7-23)19(27)14-4-3-13(21)11-15(14)20/h2-5,10-11H,6-9H2,1H3,(H,22,26). The molecule has 2 aromatic carbocycles. The molecule has 0 atom stereocenters. The number of nitro groups is 1. The molecular formula is C19H18ClFN4O4. The van der Waals surface area contributed by atoms with Crippen LogP contribution in [0.4, 0.5) is 15.8 Å². The summed E-state index contributed by atoms with van der Waals surface area (Å²) in [6.07, 6.45) is 0. The molecule has 0 aromatic heterocycles. The molecule has 2 amide bonds. The molecule has 2 aromatic rings. The maximum absolute atomic E-state index is 13.2. The lowest BCUT2D eigenvalue weighted by Crippen LogP contribution is -2.49. The van der Waals surface area contributed by atoms with Crippen molar-refractivity contribution in [3.05, 3.63) is 68.5 Å². The van der Waals surface area contributed by atoms with Gasteiger partial charge in [-0.25, -0.2) is 4.39 Å². The molecule has 0 unspecified atom stereocenters. The zero-order valence-corrected chi connectivity index (χ0v) is 16.3. The summed E-state index contributed by atoms with van der Waals surface area (Å²) in [5.41, 5.74) is 0.618. The first-order valence-corrected chi connectivity index (χ1v) is 9.19. The Morgan fingerprint density at radius 3 is 2.41 bits per heavy atom. The molecule has 1 heterocycles. The van der Waals surface area contributed by atoms with Crippen LogP contribution in [0.2, 0.25) is 5.02 Å². The number of hydrogen-bond acceptors (Lipinski definition) is 5. The number of rotatable bonds is 4. The van der Waals surface area contributed by atoms with Gasteiger partial charge in [-0.3, -0.25) is 19.7 Å². The summed E-state index contributed by atoms with van der Waals surface area (Å²) < 4.78 is 13.2. The average molecular weight is 421 g/mol. The van der Waals surface area contributed by atoms with Crippen molar-refractivity contribution in [3.8, 4) is 0 Å². The Morgan fingerprint density at radius 2 is 1.83 bits per heavy atom. The van der Waals surface area contributed by atoms with Crippen molar-refractivity contribution in [2.75, 3.05) is 38.1 Å². The molecule has 0 radical (unpaired) electrons. The number of nitro benzene ring substituents is 1. The Balaban J connectivity index is 1.76. The summed E-state index contributed by atoms with van der Waals surface area (Å²) in [6, 6.07) is 7.90. The zero-order valence-electron chi connectivity index (χ0n) is 15.5. The molecule has 1 aliphatic rings. The minimum Gasteiger partial charge on any atom is -0.362 e. The van der Waals surface area contributed by atoms with Gasteiger partial charge in [0.1, 0.15) is 11.5 Å². The largest absolute Gasteiger partial charge is 0.362 e. The lowest BCUT2D eigenvalue weighted by molar-refractivity contribution is -0.384. The molecule has 0 bridgehead atoms. The second-order valence-electron chi connectivity index (χ2n) is 6.44. The van der Waals surface area contributed by atoms with E-state index < -0.39 is 16.6 Å². The number of carbonyl (C=O) groups is 2. The van der Waals surface area contributed by atoms with Crippen LogP contribution < -0.4 is 10.2 Å². The number of nitrogens with one attached hydrogen (secondary N) is 1. The fraction of sp³-hybridized carbons (Fsp3) is 0.263. The van der Waals surface area contributed by atoms with Crippen LogP contribution in [0.25, 0.3) is 0 Å². The van der Waals surface area contributed by atoms with Crippen molar-refractivity contribution >= 4 is 34.8 Å². The Morgan fingerprint density at radius 1 is 1.14 bits per heavy atom. The first-order chi connectivity index (χ1) is 13.8. The summed E-state index contributed by atoms with van der Waals surface area (Å²) in [5, 5.41) is 14.0. The number of carbonyl (C=O) groups excluding carboxylic acids is 2. The lowest BCUT2D eigenvalue weighted by Gasteiger charge is -2.36. The third-order valence-corrected chi connectivity index (χ3v) is 5.04. The summed E-state index contributed by atoms with van der Waals surface area (Å²) in [4.78, 5) is 38.7. The van der Waals surface area contributed by atoms with Gasteiger partial charge in [-0.2, -0.15) is 0 Å². The van der Waals surface area contributed by atoms with Crippen molar-refractivity contribution in [2.45, 2.75) is 0 Å². The fourth-order valence-corrected chi connectivity index (χ4v) is 3.45. The number of halogens is 2. The Labute approximate surface area is 171 Å². The molecule has 1 aliphatic heterocycles. The van der Waals surface area contributed by atoms with Crippen LogP contribution in [0, 0.1) is 15.9 Å². The van der Waals surface area contributed by atoms with E-state index in [1.54, 1.807) is 9.80 Å². The molecule has 10 heteroatoms. The Kier molecular flexibility index (Phi) is 5.97. The van der Waals surface area contributed by atoms with Gasteiger partial charge in [-0.05, 0) is 30.3 Å². The highest BCUT2D eigenvalue weighted by Crippen LogP contribution is 2.30. The minimum atomic E-state index is -0.530. The second kappa shape index (κ2) is 8.44. The van der Waals surface area contributed by atoms with Crippen LogP contribution in [0.3, 0.4) is 0 Å². The first-order valence-electron chi connectivity index (χ1n) is 8.81. The van der Waals surface area contributed by atoms with E-state index in [-0.39, 0.29) is 27.7 Å². The van der Waals surface area contributed by atoms with E-state index >= 15 is 0 Å². The van der Waals surface area contributed by atoms with Gasteiger partial charge in [0.25, 0.3) is 17.5 Å². The number of nitrogens with zero attached hydrogens (tertiary/aromatic N) is 3. The fourth-order valence-electron chi connectivity index (χ4n) is 3.21. The van der Waals surface area contributed by atoms with E-state index in [4.69, 9.17) is 11.6 Å². The topological polar surface area (TPSA) is 95.8 Å². The van der Waals surface area contributed by atoms with E-state index in [2.05, 4.69) is 5.32 Å². The van der Waals surface area contributed by atoms with Crippen LogP contribution in [0.15, 0.2) is 36.4 Å². The molecule has 0 saturated carbocycles. The summed E-state index contributed by atoms with van der Waals surface area (Å²) in [5.74, 6) is -1.26. The number of piperazine rings is 1. The third-order valence-electron chi connectivity index (χ3n) is 4.73. The van der Waals surface area contributed by atoms with Crippen molar-refractivity contribution < 1.29 is 18.9 Å². The van der Waals surface area contributed by atoms with E-state index in [0.29, 0.717) is 31.9 Å². The van der Waals surface area contributed by atoms with Gasteiger partial charge in [-0.1, -0.05) is 11.6 Å². The van der Waals surface area contributed by atoms with Crippen LogP contribution in [0.1, 0.15) is 20.7 Å². The second-order valence-corrected chi connectivity index (χ2v) is 6.85. The maximum atomic E-state index is 13.2. The average Bonchev–Trinajstić information content (AvgIpc) is 2.72. The van der Waals surface area contributed by atoms with Crippen LogP contribution in [-0.2, 0) is 0 Å². The number of benzene rings is 2. The summed E-state index contributed by atoms with van der Waals surface area (Å²) in [7, 11) is 1.45. The molecule has 0 spiro atoms. The summed E-state index contributed by atoms with van der Waals surface area (Å²) in [6.45, 7) is 1.37. The Bertz CT molecular complexity index is 977. The predicted molar refractivity (Wildman–Crippen MR) is 106 cm³/mol. The highest BCUT2D eigenvalue weighted by Gasteiger charge is 2.28. The van der Waals surface area contributed by atoms with E-state index in [1.807, 2.05) is 0 Å². The molecule has 0 aliphatic carbocycles. The molecule has 1 fully saturated rings. The highest BCUT2D eigenvalue weighted by atomic mass is 35.5. The van der Waals surface area contributed by atoms with Crippen LogP contribution >= 0.6 is 11.6 Å². The van der Waals surface area contributed by atoms with Crippen molar-refractivity contribution in [1.82, 2.24) is 10.2 Å². The monoisotopic (exact) mass is 420 g/mol. The van der Waals surface area contributed by atoms with Gasteiger partial charge in [0.15, 0.2) is 0 Å². The Hall–Kier alpha value is -3.20. The van der Waals surface area contributed by atoms with Gasteiger partial charge >= 0.3 is 0 Å². The normalized spacial score (nSPS) is 13.9. The van der Waals surface area contributed by atoms with E-state index in [9.17, 15) is 24.1 Å². The molecule has 1 N–H and O–H groups in total. The van der Waals surface area contributed by atoms with E-state index in [0.717, 1.165) is 6.07 Å². The van der Waals surface area contributed by atoms with Crippen molar-refractivity contribution in [1.29, 1.82) is 0 Å². The quantitative estimate of drug-likeness (QED) is 0.606. The van der Waals surface area contributed by atoms with Gasteiger partial charge in [-0.15, -0.1) is 0 Å². The van der Waals surface area contributed by atoms with Gasteiger partial charge < -0.3 is 15.1 Å². The summed E-state index contributed by atoms with van der Waals surface area (Å²) >= 11 is 5.97. The predicted octanol–water partition coefficient (Wildman–Crippen LogP) is 2.71. The molecular weight excluding hydrogens is 403 g/mol. The van der Waals surface area contributed by atoms with Gasteiger partial charge in [0.2, 0.25) is 0 Å². The minimum absolute atomic E-state index is 0.0397. The molecule has 8 nitrogen and oxygen atoms in total. The third kappa shape index (κ3) is 4.29. The van der Waals surface area contributed by atoms with Crippen molar-refractivity contribution in [3.63, 3.8) is 0 Å². The van der Waals surface area contributed by atoms with Crippen LogP contribution in [0.5, 0.6) is 0 Å². The van der Waals surface area contributed by atoms with Crippen LogP contribution in [-0.4, -0.2) is 54.9 Å². The number of amides is 2. The van der Waals surface area contributed by atoms with Gasteiger partial charge in [0.05, 0.1) is 15.5 Å². The zero-order chi connectivity index (χ0) is 21.1.